The van der Waals surface area contributed by atoms with E-state index < -0.39 is 41.7 Å². The van der Waals surface area contributed by atoms with Crippen LogP contribution in [-0.2, 0) is 19.2 Å². The Morgan fingerprint density at radius 3 is 2.32 bits per heavy atom. The lowest BCUT2D eigenvalue weighted by molar-refractivity contribution is -0.133. The normalized spacial score (nSPS) is 22.6. The number of carbonyl (C=O) groups excluding carboxylic acids is 3. The maximum absolute atomic E-state index is 14.0. The van der Waals surface area contributed by atoms with Gasteiger partial charge in [0.15, 0.2) is 11.7 Å². The van der Waals surface area contributed by atoms with Crippen molar-refractivity contribution in [1.29, 1.82) is 0 Å². The molecule has 244 valence electrons. The minimum Gasteiger partial charge on any atom is -0.448 e. The van der Waals surface area contributed by atoms with E-state index in [9.17, 15) is 19.5 Å². The van der Waals surface area contributed by atoms with Crippen LogP contribution >= 0.6 is 0 Å². The smallest absolute Gasteiger partial charge is 0.410 e. The van der Waals surface area contributed by atoms with Gasteiger partial charge in [-0.1, -0.05) is 97.4 Å². The Hall–Kier alpha value is -4.70. The highest BCUT2D eigenvalue weighted by Gasteiger charge is 2.55. The standard InChI is InChI=1S/C37H40N4O6/c1-2-10-30(33(42)35(44)38-24-17-18-24)39-34(43)32-20-37(19-31(40-47-37)23-11-4-3-5-12-23)22-41(32)36(45)46-21-29-27-15-8-6-13-25(27)26-14-7-9-16-28(26)29/h3-9,11-16,24,29-30,32-33,42H,2,10,17-22H2,1H3,(H,38,44)(H,39,43)/t30-,32?,33?,37?/m0/s1. The number of aliphatic hydroxyl groups excluding tert-OH is 1. The van der Waals surface area contributed by atoms with Gasteiger partial charge in [0.25, 0.3) is 5.91 Å². The molecule has 3 aromatic carbocycles. The summed E-state index contributed by atoms with van der Waals surface area (Å²) in [6.45, 7) is 2.13. The third-order valence-electron chi connectivity index (χ3n) is 9.72. The van der Waals surface area contributed by atoms with Crippen LogP contribution in [0.3, 0.4) is 0 Å². The second-order valence-electron chi connectivity index (χ2n) is 13.1. The van der Waals surface area contributed by atoms with Crippen LogP contribution < -0.4 is 10.6 Å². The molecule has 2 heterocycles. The Balaban J connectivity index is 1.10. The fraction of sp³-hybridized carbons (Fsp3) is 0.405. The van der Waals surface area contributed by atoms with E-state index in [2.05, 4.69) is 40.1 Å². The van der Waals surface area contributed by atoms with Gasteiger partial charge in [-0.05, 0) is 47.1 Å². The van der Waals surface area contributed by atoms with Crippen LogP contribution in [0.1, 0.15) is 68.1 Å². The summed E-state index contributed by atoms with van der Waals surface area (Å²) in [5.41, 5.74) is 5.17. The average Bonchev–Trinajstić information content (AvgIpc) is 3.55. The molecule has 47 heavy (non-hydrogen) atoms. The van der Waals surface area contributed by atoms with Crippen LogP contribution in [0.15, 0.2) is 84.0 Å². The van der Waals surface area contributed by atoms with Crippen molar-refractivity contribution in [2.75, 3.05) is 13.2 Å². The molecule has 10 heteroatoms. The number of amides is 3. The summed E-state index contributed by atoms with van der Waals surface area (Å²) in [4.78, 5) is 48.1. The van der Waals surface area contributed by atoms with Crippen LogP contribution in [0.25, 0.3) is 11.1 Å². The van der Waals surface area contributed by atoms with Gasteiger partial charge in [0, 0.05) is 24.8 Å². The van der Waals surface area contributed by atoms with Gasteiger partial charge in [0.1, 0.15) is 12.6 Å². The van der Waals surface area contributed by atoms with Crippen molar-refractivity contribution < 1.29 is 29.1 Å². The van der Waals surface area contributed by atoms with Crippen molar-refractivity contribution >= 4 is 23.6 Å². The number of ether oxygens (including phenoxy) is 1. The SMILES string of the molecule is CCC[C@H](NC(=O)C1CC2(CC(c3ccccc3)=NO2)CN1C(=O)OCC1c2ccccc2-c2ccccc21)C(O)C(=O)NC1CC1. The lowest BCUT2D eigenvalue weighted by Crippen LogP contribution is -2.55. The van der Waals surface area contributed by atoms with Gasteiger partial charge in [-0.2, -0.15) is 0 Å². The molecular formula is C37H40N4O6. The number of hydrogen-bond acceptors (Lipinski definition) is 7. The van der Waals surface area contributed by atoms with E-state index in [0.29, 0.717) is 19.3 Å². The minimum absolute atomic E-state index is 0.0761. The van der Waals surface area contributed by atoms with Gasteiger partial charge in [-0.3, -0.25) is 14.5 Å². The zero-order valence-corrected chi connectivity index (χ0v) is 26.4. The molecule has 3 amide bonds. The summed E-state index contributed by atoms with van der Waals surface area (Å²) >= 11 is 0. The number of nitrogens with one attached hydrogen (secondary N) is 2. The molecule has 1 saturated heterocycles. The van der Waals surface area contributed by atoms with Crippen LogP contribution in [0.4, 0.5) is 4.79 Å². The van der Waals surface area contributed by atoms with Crippen molar-refractivity contribution in [3.05, 3.63) is 95.6 Å². The Bertz CT molecular complexity index is 1650. The largest absolute Gasteiger partial charge is 0.448 e. The van der Waals surface area contributed by atoms with Crippen LogP contribution in [0.2, 0.25) is 0 Å². The molecule has 2 aliphatic heterocycles. The number of hydrogen-bond donors (Lipinski definition) is 3. The highest BCUT2D eigenvalue weighted by molar-refractivity contribution is 6.02. The molecule has 10 nitrogen and oxygen atoms in total. The van der Waals surface area contributed by atoms with Gasteiger partial charge >= 0.3 is 6.09 Å². The van der Waals surface area contributed by atoms with E-state index in [1.807, 2.05) is 61.5 Å². The van der Waals surface area contributed by atoms with Crippen LogP contribution in [0.5, 0.6) is 0 Å². The number of rotatable bonds is 10. The fourth-order valence-electron chi connectivity index (χ4n) is 7.15. The van der Waals surface area contributed by atoms with E-state index in [1.165, 1.54) is 4.90 Å². The zero-order valence-electron chi connectivity index (χ0n) is 26.4. The minimum atomic E-state index is -1.41. The molecule has 2 aliphatic carbocycles. The molecule has 3 N–H and O–H groups in total. The Morgan fingerprint density at radius 1 is 1.00 bits per heavy atom. The molecular weight excluding hydrogens is 596 g/mol. The first-order valence-electron chi connectivity index (χ1n) is 16.6. The van der Waals surface area contributed by atoms with Gasteiger partial charge in [-0.15, -0.1) is 0 Å². The molecule has 0 aromatic heterocycles. The first-order chi connectivity index (χ1) is 22.9. The topological polar surface area (TPSA) is 130 Å². The first-order valence-corrected chi connectivity index (χ1v) is 16.6. The average molecular weight is 637 g/mol. The maximum atomic E-state index is 14.0. The van der Waals surface area contributed by atoms with Crippen LogP contribution in [-0.4, -0.2) is 76.6 Å². The molecule has 1 saturated carbocycles. The van der Waals surface area contributed by atoms with E-state index >= 15 is 0 Å². The third kappa shape index (κ3) is 6.22. The Kier molecular flexibility index (Phi) is 8.44. The fourth-order valence-corrected chi connectivity index (χ4v) is 7.15. The number of nitrogens with zero attached hydrogens (tertiary/aromatic N) is 2. The summed E-state index contributed by atoms with van der Waals surface area (Å²) in [6.07, 6.45) is 1.37. The van der Waals surface area contributed by atoms with E-state index in [0.717, 1.165) is 46.4 Å². The van der Waals surface area contributed by atoms with Crippen molar-refractivity contribution in [2.45, 2.75) is 81.2 Å². The van der Waals surface area contributed by atoms with Gasteiger partial charge < -0.3 is 25.3 Å². The lowest BCUT2D eigenvalue weighted by atomic mass is 9.91. The van der Waals surface area contributed by atoms with Crippen molar-refractivity contribution in [3.63, 3.8) is 0 Å². The number of aliphatic hydroxyl groups is 1. The Morgan fingerprint density at radius 2 is 1.66 bits per heavy atom. The molecule has 2 fully saturated rings. The molecule has 1 spiro atoms. The van der Waals surface area contributed by atoms with Gasteiger partial charge in [0.05, 0.1) is 18.3 Å². The van der Waals surface area contributed by atoms with E-state index in [4.69, 9.17) is 9.57 Å². The highest BCUT2D eigenvalue weighted by atomic mass is 16.7. The zero-order chi connectivity index (χ0) is 32.5. The summed E-state index contributed by atoms with van der Waals surface area (Å²) in [6, 6.07) is 24.2. The van der Waals surface area contributed by atoms with Crippen LogP contribution in [0, 0.1) is 0 Å². The summed E-state index contributed by atoms with van der Waals surface area (Å²) < 4.78 is 6.01. The van der Waals surface area contributed by atoms with Gasteiger partial charge in [-0.25, -0.2) is 4.79 Å². The summed E-state index contributed by atoms with van der Waals surface area (Å²) in [5, 5.41) is 21.0. The second kappa shape index (κ2) is 12.8. The quantitative estimate of drug-likeness (QED) is 0.301. The number of likely N-dealkylation sites (tertiary alicyclic amines) is 1. The monoisotopic (exact) mass is 636 g/mol. The van der Waals surface area contributed by atoms with E-state index in [1.54, 1.807) is 0 Å². The molecule has 4 aliphatic rings. The van der Waals surface area contributed by atoms with Crippen molar-refractivity contribution in [2.24, 2.45) is 5.16 Å². The lowest BCUT2D eigenvalue weighted by Gasteiger charge is -2.28. The number of fused-ring (bicyclic) bond motifs is 3. The number of benzene rings is 3. The highest BCUT2D eigenvalue weighted by Crippen LogP contribution is 2.45. The molecule has 0 bridgehead atoms. The number of oxime groups is 1. The molecule has 7 rings (SSSR count). The van der Waals surface area contributed by atoms with Gasteiger partial charge in [0.2, 0.25) is 5.91 Å². The molecule has 3 unspecified atom stereocenters. The maximum Gasteiger partial charge on any atom is 0.410 e. The van der Waals surface area contributed by atoms with E-state index in [-0.39, 0.29) is 31.5 Å². The summed E-state index contributed by atoms with van der Waals surface area (Å²) in [7, 11) is 0. The first kappa shape index (κ1) is 30.9. The number of carbonyl (C=O) groups is 3. The Labute approximate surface area is 274 Å². The molecule has 0 radical (unpaired) electrons. The van der Waals surface area contributed by atoms with Crippen molar-refractivity contribution in [1.82, 2.24) is 15.5 Å². The predicted molar refractivity (Wildman–Crippen MR) is 176 cm³/mol. The summed E-state index contributed by atoms with van der Waals surface area (Å²) in [5.74, 6) is -1.11. The second-order valence-corrected chi connectivity index (χ2v) is 13.1. The molecule has 3 aromatic rings. The third-order valence-corrected chi connectivity index (χ3v) is 9.72. The molecule has 4 atom stereocenters. The predicted octanol–water partition coefficient (Wildman–Crippen LogP) is 4.50. The van der Waals surface area contributed by atoms with Crippen molar-refractivity contribution in [3.8, 4) is 11.1 Å².